The number of carbonyl (C=O) groups is 2. The summed E-state index contributed by atoms with van der Waals surface area (Å²) in [5, 5.41) is 13.4. The van der Waals surface area contributed by atoms with Crippen molar-refractivity contribution >= 4 is 28.3 Å². The smallest absolute Gasteiger partial charge is 0.255 e. The number of amides is 1. The lowest BCUT2D eigenvalue weighted by molar-refractivity contribution is 0.0958. The van der Waals surface area contributed by atoms with Gasteiger partial charge < -0.3 is 9.73 Å². The Morgan fingerprint density at radius 3 is 2.42 bits per heavy atom. The zero-order valence-corrected chi connectivity index (χ0v) is 24.3. The average Bonchev–Trinajstić information content (AvgIpc) is 3.73. The number of aromatic nitrogens is 2. The van der Waals surface area contributed by atoms with Crippen molar-refractivity contribution in [2.45, 2.75) is 38.5 Å². The van der Waals surface area contributed by atoms with Gasteiger partial charge in [0.15, 0.2) is 12.0 Å². The summed E-state index contributed by atoms with van der Waals surface area (Å²) in [6, 6.07) is 20.7. The Balaban J connectivity index is 1.47. The first-order chi connectivity index (χ1) is 20.9. The second-order valence-electron chi connectivity index (χ2n) is 11.0. The van der Waals surface area contributed by atoms with Crippen LogP contribution in [0.1, 0.15) is 58.3 Å². The molecule has 0 unspecified atom stereocenters. The molecule has 0 spiro atoms. The minimum absolute atomic E-state index is 0.0121. The van der Waals surface area contributed by atoms with E-state index in [9.17, 15) is 14.9 Å². The van der Waals surface area contributed by atoms with Gasteiger partial charge in [-0.3, -0.25) is 14.5 Å². The van der Waals surface area contributed by atoms with E-state index >= 15 is 0 Å². The highest BCUT2D eigenvalue weighted by Gasteiger charge is 2.48. The molecule has 1 fully saturated rings. The highest BCUT2D eigenvalue weighted by molar-refractivity contribution is 6.13. The first-order valence-corrected chi connectivity index (χ1v) is 14.4. The number of hydrogen-bond donors (Lipinski definition) is 1. The highest BCUT2D eigenvalue weighted by atomic mass is 16.3. The van der Waals surface area contributed by atoms with Crippen LogP contribution in [-0.4, -0.2) is 35.3 Å². The molecule has 43 heavy (non-hydrogen) atoms. The molecule has 5 aromatic rings. The third-order valence-electron chi connectivity index (χ3n) is 8.19. The summed E-state index contributed by atoms with van der Waals surface area (Å²) < 4.78 is 6.32. The molecule has 0 atom stereocenters. The number of carbonyl (C=O) groups excluding carboxylic acids is 2. The summed E-state index contributed by atoms with van der Waals surface area (Å²) in [7, 11) is 1.59. The van der Waals surface area contributed by atoms with E-state index in [0.717, 1.165) is 35.1 Å². The standard InChI is InChI=1S/C35H31N5O3/c1-4-40(21-36)28-19-30-27(31(33(42)37-3)32(43-30)23-11-9-22(2)10-12-23)18-26(28)24-7-5-8-25(17-24)29(41)20-35(13-14-35)34-38-15-6-16-39-34/h5-12,15-19H,4,13-14,20H2,1-3H3,(H,37,42). The van der Waals surface area contributed by atoms with E-state index in [4.69, 9.17) is 4.42 Å². The van der Waals surface area contributed by atoms with Crippen molar-refractivity contribution in [1.29, 1.82) is 5.26 Å². The van der Waals surface area contributed by atoms with Crippen LogP contribution in [0.15, 0.2) is 83.5 Å². The number of nitrogens with one attached hydrogen (secondary N) is 1. The van der Waals surface area contributed by atoms with Crippen molar-refractivity contribution < 1.29 is 14.0 Å². The van der Waals surface area contributed by atoms with Gasteiger partial charge in [0.25, 0.3) is 5.91 Å². The maximum atomic E-state index is 13.6. The predicted octanol–water partition coefficient (Wildman–Crippen LogP) is 6.84. The first kappa shape index (κ1) is 27.9. The fourth-order valence-corrected chi connectivity index (χ4v) is 5.61. The summed E-state index contributed by atoms with van der Waals surface area (Å²) in [6.07, 6.45) is 7.78. The number of hydrogen-bond acceptors (Lipinski definition) is 7. The fraction of sp³-hybridized carbons (Fsp3) is 0.229. The van der Waals surface area contributed by atoms with E-state index in [0.29, 0.717) is 52.3 Å². The van der Waals surface area contributed by atoms with E-state index in [-0.39, 0.29) is 17.1 Å². The van der Waals surface area contributed by atoms with Crippen LogP contribution in [0.3, 0.4) is 0 Å². The second kappa shape index (κ2) is 11.2. The van der Waals surface area contributed by atoms with Crippen LogP contribution in [0.25, 0.3) is 33.4 Å². The Morgan fingerprint density at radius 1 is 1.02 bits per heavy atom. The van der Waals surface area contributed by atoms with Crippen LogP contribution in [0.5, 0.6) is 0 Å². The quantitative estimate of drug-likeness (QED) is 0.118. The number of rotatable bonds is 9. The molecular weight excluding hydrogens is 538 g/mol. The van der Waals surface area contributed by atoms with E-state index in [1.165, 1.54) is 0 Å². The van der Waals surface area contributed by atoms with E-state index in [2.05, 4.69) is 21.5 Å². The lowest BCUT2D eigenvalue weighted by Gasteiger charge is -2.19. The second-order valence-corrected chi connectivity index (χ2v) is 11.0. The van der Waals surface area contributed by atoms with E-state index in [1.807, 2.05) is 74.5 Å². The summed E-state index contributed by atoms with van der Waals surface area (Å²) in [6.45, 7) is 4.33. The minimum atomic E-state index is -0.316. The van der Waals surface area contributed by atoms with Gasteiger partial charge in [0.05, 0.1) is 11.3 Å². The molecule has 6 rings (SSSR count). The molecule has 8 nitrogen and oxygen atoms in total. The van der Waals surface area contributed by atoms with Crippen molar-refractivity contribution in [1.82, 2.24) is 15.3 Å². The lowest BCUT2D eigenvalue weighted by Crippen LogP contribution is -2.18. The molecule has 8 heteroatoms. The van der Waals surface area contributed by atoms with Gasteiger partial charge in [-0.15, -0.1) is 0 Å². The monoisotopic (exact) mass is 569 g/mol. The predicted molar refractivity (Wildman–Crippen MR) is 166 cm³/mol. The number of nitrogens with zero attached hydrogens (tertiary/aromatic N) is 4. The molecule has 0 saturated heterocycles. The average molecular weight is 570 g/mol. The number of Topliss-reactive ketones (excluding diaryl/α,β-unsaturated/α-hetero) is 1. The summed E-state index contributed by atoms with van der Waals surface area (Å²) in [4.78, 5) is 37.2. The summed E-state index contributed by atoms with van der Waals surface area (Å²) in [5.41, 5.74) is 5.15. The fourth-order valence-electron chi connectivity index (χ4n) is 5.61. The maximum absolute atomic E-state index is 13.6. The molecule has 2 heterocycles. The van der Waals surface area contributed by atoms with E-state index < -0.39 is 0 Å². The molecule has 1 aliphatic rings. The Bertz CT molecular complexity index is 1880. The SMILES string of the molecule is CCN(C#N)c1cc2oc(-c3ccc(C)cc3)c(C(=O)NC)c2cc1-c1cccc(C(=O)CC2(c3ncccn3)CC2)c1. The molecule has 0 aliphatic heterocycles. The van der Waals surface area contributed by atoms with Crippen molar-refractivity contribution in [2.75, 3.05) is 18.5 Å². The molecule has 1 amide bonds. The number of benzene rings is 3. The van der Waals surface area contributed by atoms with Crippen molar-refractivity contribution in [3.8, 4) is 28.6 Å². The van der Waals surface area contributed by atoms with Gasteiger partial charge in [-0.1, -0.05) is 48.0 Å². The number of furan rings is 1. The molecule has 3 aromatic carbocycles. The van der Waals surface area contributed by atoms with Crippen LogP contribution in [0.2, 0.25) is 0 Å². The minimum Gasteiger partial charge on any atom is -0.455 e. The number of nitriles is 1. The molecule has 2 aromatic heterocycles. The molecule has 0 bridgehead atoms. The molecule has 1 saturated carbocycles. The Morgan fingerprint density at radius 2 is 1.77 bits per heavy atom. The number of aryl methyl sites for hydroxylation is 1. The van der Waals surface area contributed by atoms with Gasteiger partial charge in [-0.2, -0.15) is 5.26 Å². The topological polar surface area (TPSA) is 112 Å². The summed E-state index contributed by atoms with van der Waals surface area (Å²) in [5.74, 6) is 0.908. The van der Waals surface area contributed by atoms with Crippen LogP contribution in [0, 0.1) is 18.4 Å². The Labute approximate surface area is 250 Å². The van der Waals surface area contributed by atoms with Crippen LogP contribution in [0.4, 0.5) is 5.69 Å². The largest absolute Gasteiger partial charge is 0.455 e. The highest BCUT2D eigenvalue weighted by Crippen LogP contribution is 2.50. The molecule has 1 N–H and O–H groups in total. The van der Waals surface area contributed by atoms with Crippen molar-refractivity contribution in [2.24, 2.45) is 0 Å². The zero-order valence-electron chi connectivity index (χ0n) is 24.3. The molecular formula is C35H31N5O3. The van der Waals surface area contributed by atoms with Crippen LogP contribution in [-0.2, 0) is 5.41 Å². The van der Waals surface area contributed by atoms with Crippen molar-refractivity contribution in [3.63, 3.8) is 0 Å². The Hall–Kier alpha value is -5.29. The van der Waals surface area contributed by atoms with Gasteiger partial charge in [-0.25, -0.2) is 9.97 Å². The lowest BCUT2D eigenvalue weighted by atomic mass is 9.92. The normalized spacial score (nSPS) is 13.3. The third-order valence-corrected chi connectivity index (χ3v) is 8.19. The van der Waals surface area contributed by atoms with Crippen molar-refractivity contribution in [3.05, 3.63) is 102 Å². The number of anilines is 1. The number of fused-ring (bicyclic) bond motifs is 1. The molecule has 0 radical (unpaired) electrons. The Kier molecular flexibility index (Phi) is 7.24. The number of ketones is 1. The molecule has 214 valence electrons. The van der Waals surface area contributed by atoms with Gasteiger partial charge >= 0.3 is 0 Å². The van der Waals surface area contributed by atoms with Gasteiger partial charge in [0, 0.05) is 66.0 Å². The third kappa shape index (κ3) is 5.15. The van der Waals surface area contributed by atoms with Gasteiger partial charge in [0.1, 0.15) is 17.2 Å². The zero-order chi connectivity index (χ0) is 30.1. The van der Waals surface area contributed by atoms with Crippen LogP contribution >= 0.6 is 0 Å². The molecule has 1 aliphatic carbocycles. The first-order valence-electron chi connectivity index (χ1n) is 14.4. The van der Waals surface area contributed by atoms with Crippen LogP contribution < -0.4 is 10.2 Å². The van der Waals surface area contributed by atoms with Gasteiger partial charge in [0.2, 0.25) is 0 Å². The summed E-state index contributed by atoms with van der Waals surface area (Å²) >= 11 is 0. The maximum Gasteiger partial charge on any atom is 0.255 e. The van der Waals surface area contributed by atoms with E-state index in [1.54, 1.807) is 30.4 Å². The van der Waals surface area contributed by atoms with Gasteiger partial charge in [-0.05, 0) is 50.5 Å².